The van der Waals surface area contributed by atoms with E-state index in [4.69, 9.17) is 25.5 Å². The van der Waals surface area contributed by atoms with Gasteiger partial charge in [0.1, 0.15) is 40.5 Å². The molecule has 9 N–H and O–H groups in total. The Hall–Kier alpha value is -3.71. The predicted molar refractivity (Wildman–Crippen MR) is 579 cm³/mol. The van der Waals surface area contributed by atoms with Gasteiger partial charge in [0.15, 0.2) is 0 Å². The summed E-state index contributed by atoms with van der Waals surface area (Å²) in [6.07, 6.45) is 113. The highest BCUT2D eigenvalue weighted by Gasteiger charge is 2.16. The third kappa shape index (κ3) is 161. The molecular formula is C119H230O16. The maximum atomic E-state index is 10.8. The van der Waals surface area contributed by atoms with Crippen LogP contribution in [0.1, 0.15) is 615 Å². The van der Waals surface area contributed by atoms with Crippen molar-refractivity contribution in [2.75, 3.05) is 33.0 Å². The van der Waals surface area contributed by atoms with Crippen LogP contribution in [0, 0.1) is 0 Å². The number of rotatable bonds is 99. The molecule has 135 heavy (non-hydrogen) atoms. The molecule has 0 fully saturated rings. The maximum Gasteiger partial charge on any atom is 0.129 e. The minimum Gasteiger partial charge on any atom is -0.396 e. The minimum atomic E-state index is -0.614. The summed E-state index contributed by atoms with van der Waals surface area (Å²) in [7, 11) is 0. The lowest BCUT2D eigenvalue weighted by molar-refractivity contribution is -0.117. The standard InChI is InChI=1S/C17H34O4.2C17H34O3.2C17H32O2.2C17H32O/c1-15(19)11-7-3-2-4-8-12-16(20)17(21)13-9-5-6-10-14-18;1-16(19)12-8-4-2-5-9-13-17(20)14-10-6-3-7-11-15-18;1-16(19)12-8-4-2-3-5-9-13-17(20)14-10-6-7-11-15-18;2*1-17(19)15-13-11-9-7-5-3-2-4-6-8-10-12-14-16-18;2*1-3-4-5-6-7-8-9-10-11-12-13-14-15-16-17(2)18/h16-18,20-21H,2-14H2,1H3;2*17-18,20H,2-15H2,1H3;2*2,4,18H,3,5-16H2,1H3;2*8-9H,3-7,10-16H2,1-2H3/b;;;4-2+;4-2-;9-8+;9-8-. The van der Waals surface area contributed by atoms with Crippen molar-refractivity contribution in [3.8, 4) is 0 Å². The van der Waals surface area contributed by atoms with Crippen molar-refractivity contribution in [2.45, 2.75) is 639 Å². The lowest BCUT2D eigenvalue weighted by atomic mass is 10.00. The van der Waals surface area contributed by atoms with E-state index in [1.54, 1.807) is 48.5 Å². The van der Waals surface area contributed by atoms with Crippen molar-refractivity contribution in [3.05, 3.63) is 48.6 Å². The van der Waals surface area contributed by atoms with E-state index in [1.165, 1.54) is 276 Å². The monoisotopic (exact) mass is 1920 g/mol. The number of aliphatic hydroxyl groups is 9. The number of allylic oxidation sites excluding steroid dienone is 8. The first kappa shape index (κ1) is 144. The molecule has 16 nitrogen and oxygen atoms in total. The molecule has 4 unspecified atom stereocenters. The van der Waals surface area contributed by atoms with Gasteiger partial charge in [-0.25, -0.2) is 0 Å². The second-order valence-electron chi connectivity index (χ2n) is 39.4. The normalized spacial score (nSPS) is 12.1. The van der Waals surface area contributed by atoms with Gasteiger partial charge in [0.2, 0.25) is 0 Å². The smallest absolute Gasteiger partial charge is 0.129 e. The molecule has 0 saturated heterocycles. The average Bonchev–Trinajstić information content (AvgIpc) is 0.970. The van der Waals surface area contributed by atoms with Gasteiger partial charge in [0.25, 0.3) is 0 Å². The summed E-state index contributed by atoms with van der Waals surface area (Å²) in [5, 5.41) is 82.6. The van der Waals surface area contributed by atoms with Crippen LogP contribution >= 0.6 is 0 Å². The van der Waals surface area contributed by atoms with Gasteiger partial charge in [0.05, 0.1) is 24.4 Å². The van der Waals surface area contributed by atoms with Crippen LogP contribution in [-0.4, -0.2) is 144 Å². The van der Waals surface area contributed by atoms with Gasteiger partial charge < -0.3 is 79.5 Å². The number of carbonyl (C=O) groups is 7. The van der Waals surface area contributed by atoms with Gasteiger partial charge in [-0.1, -0.05) is 351 Å². The molecular weight excluding hydrogens is 1690 g/mol. The zero-order valence-electron chi connectivity index (χ0n) is 90.7. The van der Waals surface area contributed by atoms with E-state index in [2.05, 4.69) is 62.5 Å². The quantitative estimate of drug-likeness (QED) is 0.0202. The van der Waals surface area contributed by atoms with Gasteiger partial charge in [-0.05, 0) is 267 Å². The fourth-order valence-corrected chi connectivity index (χ4v) is 15.8. The predicted octanol–water partition coefficient (Wildman–Crippen LogP) is 32.2. The summed E-state index contributed by atoms with van der Waals surface area (Å²) < 4.78 is 0. The highest BCUT2D eigenvalue weighted by Crippen LogP contribution is 2.21. The number of aliphatic hydroxyl groups excluding tert-OH is 9. The minimum absolute atomic E-state index is 0.134. The number of hydrogen-bond donors (Lipinski definition) is 9. The van der Waals surface area contributed by atoms with E-state index in [9.17, 15) is 54.0 Å². The number of hydrogen-bond acceptors (Lipinski definition) is 16. The van der Waals surface area contributed by atoms with E-state index in [1.807, 2.05) is 0 Å². The molecule has 0 bridgehead atoms. The van der Waals surface area contributed by atoms with E-state index < -0.39 is 12.2 Å². The highest BCUT2D eigenvalue weighted by molar-refractivity contribution is 5.77. The summed E-state index contributed by atoms with van der Waals surface area (Å²) in [4.78, 5) is 75.2. The van der Waals surface area contributed by atoms with Crippen LogP contribution in [0.2, 0.25) is 0 Å². The molecule has 0 saturated carbocycles. The maximum absolute atomic E-state index is 10.8. The lowest BCUT2D eigenvalue weighted by Gasteiger charge is -2.17. The molecule has 4 atom stereocenters. The summed E-state index contributed by atoms with van der Waals surface area (Å²) in [6.45, 7) is 17.7. The van der Waals surface area contributed by atoms with Crippen LogP contribution < -0.4 is 0 Å². The largest absolute Gasteiger partial charge is 0.396 e. The van der Waals surface area contributed by atoms with Crippen molar-refractivity contribution in [1.82, 2.24) is 0 Å². The van der Waals surface area contributed by atoms with Crippen LogP contribution in [0.4, 0.5) is 0 Å². The number of unbranched alkanes of at least 4 members (excludes halogenated alkanes) is 59. The Morgan fingerprint density at radius 1 is 0.163 bits per heavy atom. The van der Waals surface area contributed by atoms with Gasteiger partial charge in [0, 0.05) is 78.0 Å². The molecule has 0 aromatic heterocycles. The summed E-state index contributed by atoms with van der Waals surface area (Å²) in [6, 6.07) is 0. The van der Waals surface area contributed by atoms with Crippen LogP contribution in [0.15, 0.2) is 48.6 Å². The third-order valence-electron chi connectivity index (χ3n) is 24.7. The molecule has 0 aromatic rings. The molecule has 16 heteroatoms. The Kier molecular flexibility index (Phi) is 141. The van der Waals surface area contributed by atoms with E-state index in [0.29, 0.717) is 73.8 Å². The van der Waals surface area contributed by atoms with Gasteiger partial charge in [-0.2, -0.15) is 0 Å². The van der Waals surface area contributed by atoms with Gasteiger partial charge in [-0.3, -0.25) is 0 Å². The molecule has 0 aliphatic carbocycles. The summed E-state index contributed by atoms with van der Waals surface area (Å²) in [5.74, 6) is 2.16. The summed E-state index contributed by atoms with van der Waals surface area (Å²) in [5.41, 5.74) is 0. The molecule has 0 radical (unpaired) electrons. The Morgan fingerprint density at radius 3 is 0.422 bits per heavy atom. The Balaban J connectivity index is -0.000000283. The molecule has 0 heterocycles. The summed E-state index contributed by atoms with van der Waals surface area (Å²) >= 11 is 0. The first-order chi connectivity index (χ1) is 65.5. The van der Waals surface area contributed by atoms with Crippen LogP contribution in [0.5, 0.6) is 0 Å². The zero-order valence-corrected chi connectivity index (χ0v) is 90.7. The zero-order chi connectivity index (χ0) is 101. The number of ketones is 7. The fraction of sp³-hybridized carbons (Fsp3) is 0.874. The highest BCUT2D eigenvalue weighted by atomic mass is 16.3. The Bertz CT molecular complexity index is 2360. The topological polar surface area (TPSA) is 302 Å². The van der Waals surface area contributed by atoms with Crippen LogP contribution in [-0.2, 0) is 33.6 Å². The van der Waals surface area contributed by atoms with Crippen molar-refractivity contribution in [1.29, 1.82) is 0 Å². The Morgan fingerprint density at radius 2 is 0.281 bits per heavy atom. The second-order valence-corrected chi connectivity index (χ2v) is 39.4. The van der Waals surface area contributed by atoms with E-state index in [0.717, 1.165) is 257 Å². The lowest BCUT2D eigenvalue weighted by Crippen LogP contribution is -2.25. The second kappa shape index (κ2) is 132. The molecule has 0 amide bonds. The van der Waals surface area contributed by atoms with Crippen LogP contribution in [0.25, 0.3) is 0 Å². The first-order valence-electron chi connectivity index (χ1n) is 57.3. The van der Waals surface area contributed by atoms with E-state index in [-0.39, 0.29) is 31.2 Å². The van der Waals surface area contributed by atoms with Crippen molar-refractivity contribution in [3.63, 3.8) is 0 Å². The van der Waals surface area contributed by atoms with E-state index >= 15 is 0 Å². The average molecular weight is 1920 g/mol. The molecule has 0 rings (SSSR count). The van der Waals surface area contributed by atoms with Gasteiger partial charge >= 0.3 is 0 Å². The van der Waals surface area contributed by atoms with Crippen molar-refractivity contribution < 1.29 is 79.5 Å². The number of carbonyl (C=O) groups excluding carboxylic acids is 7. The fourth-order valence-electron chi connectivity index (χ4n) is 15.8. The van der Waals surface area contributed by atoms with Gasteiger partial charge in [-0.15, -0.1) is 0 Å². The van der Waals surface area contributed by atoms with Crippen molar-refractivity contribution in [2.24, 2.45) is 0 Å². The molecule has 802 valence electrons. The molecule has 0 aromatic carbocycles. The van der Waals surface area contributed by atoms with Crippen LogP contribution in [0.3, 0.4) is 0 Å². The molecule has 0 aliphatic rings. The van der Waals surface area contributed by atoms with Crippen molar-refractivity contribution >= 4 is 40.5 Å². The number of Topliss-reactive ketones (excluding diaryl/α,β-unsaturated/α-hetero) is 7. The third-order valence-corrected chi connectivity index (χ3v) is 24.7. The molecule has 0 aliphatic heterocycles. The Labute approximate surface area is 835 Å². The SMILES string of the molecule is CC(=O)CCCCCCC/C=C/CCCCCCO.CC(=O)CCCCCCC/C=C\CCCCCCO.CC(=O)CCCCCCCC(O)C(O)CCCCCCO.CC(=O)CCCCCCCC(O)CCCCCCCO.CC(=O)CCCCCCCCC(O)CCCCCCO.CCCCCC/C=C/CCCCCCCC(C)=O.CCCCCC/C=C\CCCCCCCC(C)=O. The molecule has 0 spiro atoms. The first-order valence-corrected chi connectivity index (χ1v) is 57.3.